The highest BCUT2D eigenvalue weighted by Gasteiger charge is 2.24. The zero-order chi connectivity index (χ0) is 10.7. The molecule has 4 heteroatoms. The highest BCUT2D eigenvalue weighted by Crippen LogP contribution is 2.18. The van der Waals surface area contributed by atoms with Crippen molar-refractivity contribution in [3.8, 4) is 0 Å². The maximum absolute atomic E-state index is 12.0. The van der Waals surface area contributed by atoms with Crippen molar-refractivity contribution >= 4 is 18.3 Å². The first-order valence-corrected chi connectivity index (χ1v) is 6.27. The van der Waals surface area contributed by atoms with E-state index in [9.17, 15) is 4.79 Å². The Morgan fingerprint density at radius 3 is 2.81 bits per heavy atom. The van der Waals surface area contributed by atoms with Gasteiger partial charge >= 0.3 is 0 Å². The van der Waals surface area contributed by atoms with E-state index in [4.69, 9.17) is 0 Å². The summed E-state index contributed by atoms with van der Waals surface area (Å²) in [7, 11) is 0. The van der Waals surface area contributed by atoms with E-state index >= 15 is 0 Å². The number of likely N-dealkylation sites (tertiary alicyclic amines) is 1. The summed E-state index contributed by atoms with van der Waals surface area (Å²) in [5.41, 5.74) is 0. The first-order chi connectivity index (χ1) is 7.25. The van der Waals surface area contributed by atoms with Gasteiger partial charge in [-0.15, -0.1) is 12.4 Å². The molecule has 1 N–H and O–H groups in total. The summed E-state index contributed by atoms with van der Waals surface area (Å²) in [6.45, 7) is 5.29. The van der Waals surface area contributed by atoms with Crippen LogP contribution in [-0.4, -0.2) is 36.5 Å². The van der Waals surface area contributed by atoms with Crippen LogP contribution in [0.3, 0.4) is 0 Å². The molecule has 0 aromatic rings. The molecule has 0 bridgehead atoms. The summed E-state index contributed by atoms with van der Waals surface area (Å²) in [5, 5.41) is 3.39. The summed E-state index contributed by atoms with van der Waals surface area (Å²) >= 11 is 0. The smallest absolute Gasteiger partial charge is 0.224 e. The Labute approximate surface area is 104 Å². The van der Waals surface area contributed by atoms with Crippen LogP contribution in [0, 0.1) is 5.92 Å². The van der Waals surface area contributed by atoms with Gasteiger partial charge in [0.05, 0.1) is 0 Å². The predicted octanol–water partition coefficient (Wildman–Crippen LogP) is 1.81. The molecule has 1 amide bonds. The average molecular weight is 247 g/mol. The van der Waals surface area contributed by atoms with Gasteiger partial charge in [0.15, 0.2) is 0 Å². The maximum atomic E-state index is 12.0. The lowest BCUT2D eigenvalue weighted by Gasteiger charge is -2.31. The Bertz CT molecular complexity index is 229. The molecule has 0 aromatic carbocycles. The fourth-order valence-electron chi connectivity index (χ4n) is 2.69. The van der Waals surface area contributed by atoms with Crippen molar-refractivity contribution in [1.29, 1.82) is 0 Å². The summed E-state index contributed by atoms with van der Waals surface area (Å²) in [6, 6.07) is 0.453. The second kappa shape index (κ2) is 6.45. The summed E-state index contributed by atoms with van der Waals surface area (Å²) < 4.78 is 0. The fourth-order valence-corrected chi connectivity index (χ4v) is 2.69. The first kappa shape index (κ1) is 13.8. The van der Waals surface area contributed by atoms with E-state index in [1.54, 1.807) is 0 Å². The van der Waals surface area contributed by atoms with Crippen LogP contribution in [0.15, 0.2) is 0 Å². The van der Waals surface area contributed by atoms with Crippen molar-refractivity contribution in [3.05, 3.63) is 0 Å². The van der Waals surface area contributed by atoms with Crippen molar-refractivity contribution in [2.24, 2.45) is 5.92 Å². The van der Waals surface area contributed by atoms with E-state index in [2.05, 4.69) is 17.1 Å². The maximum Gasteiger partial charge on any atom is 0.224 e. The molecule has 2 fully saturated rings. The molecule has 0 spiro atoms. The average Bonchev–Trinajstić information content (AvgIpc) is 2.70. The summed E-state index contributed by atoms with van der Waals surface area (Å²) in [5.74, 6) is 1.06. The van der Waals surface area contributed by atoms with E-state index in [0.717, 1.165) is 19.6 Å². The molecular weight excluding hydrogens is 224 g/mol. The second-order valence-electron chi connectivity index (χ2n) is 5.08. The van der Waals surface area contributed by atoms with Crippen LogP contribution >= 0.6 is 12.4 Å². The number of nitrogens with one attached hydrogen (secondary N) is 1. The highest BCUT2D eigenvalue weighted by molar-refractivity contribution is 5.85. The number of rotatable bonds is 2. The molecule has 2 saturated heterocycles. The zero-order valence-electron chi connectivity index (χ0n) is 10.1. The van der Waals surface area contributed by atoms with Crippen LogP contribution in [0.4, 0.5) is 0 Å². The van der Waals surface area contributed by atoms with Gasteiger partial charge in [-0.3, -0.25) is 4.79 Å². The highest BCUT2D eigenvalue weighted by atomic mass is 35.5. The van der Waals surface area contributed by atoms with Gasteiger partial charge in [-0.05, 0) is 38.1 Å². The molecule has 2 aliphatic rings. The first-order valence-electron chi connectivity index (χ1n) is 6.27. The monoisotopic (exact) mass is 246 g/mol. The van der Waals surface area contributed by atoms with Crippen molar-refractivity contribution in [2.45, 2.75) is 45.1 Å². The van der Waals surface area contributed by atoms with Crippen LogP contribution in [0.2, 0.25) is 0 Å². The lowest BCUT2D eigenvalue weighted by molar-refractivity contribution is -0.133. The minimum absolute atomic E-state index is 0. The van der Waals surface area contributed by atoms with E-state index in [1.165, 1.54) is 25.7 Å². The van der Waals surface area contributed by atoms with Gasteiger partial charge in [0.2, 0.25) is 5.91 Å². The van der Waals surface area contributed by atoms with Crippen LogP contribution in [0.5, 0.6) is 0 Å². The van der Waals surface area contributed by atoms with Gasteiger partial charge in [0.1, 0.15) is 0 Å². The largest absolute Gasteiger partial charge is 0.342 e. The minimum Gasteiger partial charge on any atom is -0.342 e. The quantitative estimate of drug-likeness (QED) is 0.806. The number of carbonyl (C=O) groups excluding carboxylic acids is 1. The Morgan fingerprint density at radius 1 is 1.38 bits per heavy atom. The van der Waals surface area contributed by atoms with E-state index in [-0.39, 0.29) is 12.4 Å². The third-order valence-corrected chi connectivity index (χ3v) is 3.59. The predicted molar refractivity (Wildman–Crippen MR) is 67.9 cm³/mol. The molecule has 0 saturated carbocycles. The summed E-state index contributed by atoms with van der Waals surface area (Å²) in [6.07, 6.45) is 5.59. The molecule has 0 radical (unpaired) electrons. The molecule has 0 aromatic heterocycles. The van der Waals surface area contributed by atoms with Crippen molar-refractivity contribution in [3.63, 3.8) is 0 Å². The van der Waals surface area contributed by atoms with Gasteiger partial charge in [-0.1, -0.05) is 6.92 Å². The van der Waals surface area contributed by atoms with Gasteiger partial charge in [-0.25, -0.2) is 0 Å². The van der Waals surface area contributed by atoms with Gasteiger partial charge in [0.25, 0.3) is 0 Å². The van der Waals surface area contributed by atoms with Gasteiger partial charge in [-0.2, -0.15) is 0 Å². The second-order valence-corrected chi connectivity index (χ2v) is 5.08. The minimum atomic E-state index is 0. The zero-order valence-corrected chi connectivity index (χ0v) is 10.9. The molecule has 16 heavy (non-hydrogen) atoms. The van der Waals surface area contributed by atoms with E-state index in [1.807, 2.05) is 0 Å². The standard InChI is InChI=1S/C12H22N2O.ClH/c1-10-4-3-7-14(9-10)12(15)8-11-5-2-6-13-11;/h10-11,13H,2-9H2,1H3;1H. The Kier molecular flexibility index (Phi) is 5.56. The third-order valence-electron chi connectivity index (χ3n) is 3.59. The summed E-state index contributed by atoms with van der Waals surface area (Å²) in [4.78, 5) is 14.0. The molecule has 2 rings (SSSR count). The molecule has 94 valence electrons. The van der Waals surface area contributed by atoms with E-state index < -0.39 is 0 Å². The van der Waals surface area contributed by atoms with E-state index in [0.29, 0.717) is 24.3 Å². The number of piperidine rings is 1. The van der Waals surface area contributed by atoms with Gasteiger partial charge < -0.3 is 10.2 Å². The number of halogens is 1. The fraction of sp³-hybridized carbons (Fsp3) is 0.917. The Morgan fingerprint density at radius 2 is 2.19 bits per heavy atom. The number of carbonyl (C=O) groups is 1. The van der Waals surface area contributed by atoms with Crippen LogP contribution < -0.4 is 5.32 Å². The number of amides is 1. The SMILES string of the molecule is CC1CCCN(C(=O)CC2CCCN2)C1.Cl. The molecule has 0 aliphatic carbocycles. The number of hydrogen-bond acceptors (Lipinski definition) is 2. The molecule has 2 atom stereocenters. The normalized spacial score (nSPS) is 29.9. The molecule has 3 nitrogen and oxygen atoms in total. The molecule has 2 unspecified atom stereocenters. The van der Waals surface area contributed by atoms with Crippen molar-refractivity contribution in [2.75, 3.05) is 19.6 Å². The van der Waals surface area contributed by atoms with Crippen LogP contribution in [0.1, 0.15) is 39.0 Å². The third kappa shape index (κ3) is 3.63. The van der Waals surface area contributed by atoms with Gasteiger partial charge in [0, 0.05) is 25.6 Å². The number of hydrogen-bond donors (Lipinski definition) is 1. The van der Waals surface area contributed by atoms with Crippen molar-refractivity contribution < 1.29 is 4.79 Å². The topological polar surface area (TPSA) is 32.3 Å². The van der Waals surface area contributed by atoms with Crippen LogP contribution in [-0.2, 0) is 4.79 Å². The Hall–Kier alpha value is -0.280. The molecule has 2 heterocycles. The molecular formula is C12H23ClN2O. The lowest BCUT2D eigenvalue weighted by Crippen LogP contribution is -2.41. The number of nitrogens with zero attached hydrogens (tertiary/aromatic N) is 1. The Balaban J connectivity index is 0.00000128. The van der Waals surface area contributed by atoms with Crippen LogP contribution in [0.25, 0.3) is 0 Å². The lowest BCUT2D eigenvalue weighted by atomic mass is 9.99. The van der Waals surface area contributed by atoms with Crippen molar-refractivity contribution in [1.82, 2.24) is 10.2 Å². The molecule has 2 aliphatic heterocycles.